The molecule has 0 spiro atoms. The van der Waals surface area contributed by atoms with Gasteiger partial charge in [-0.05, 0) is 19.4 Å². The van der Waals surface area contributed by atoms with Crippen LogP contribution in [0.4, 0.5) is 5.13 Å². The molecule has 2 aromatic rings. The fourth-order valence-electron chi connectivity index (χ4n) is 2.94. The zero-order valence-electron chi connectivity index (χ0n) is 13.4. The van der Waals surface area contributed by atoms with E-state index in [9.17, 15) is 9.59 Å². The monoisotopic (exact) mass is 329 g/mol. The zero-order chi connectivity index (χ0) is 16.6. The number of carbonyl (C=O) groups is 2. The van der Waals surface area contributed by atoms with Crippen LogP contribution in [0, 0.1) is 19.8 Å². The molecule has 0 bridgehead atoms. The number of aryl methyl sites for hydroxylation is 2. The SMILES string of the molecule is Cc1nc(NC(=O)[C@@H]2CC(=O)N(C)[C@@H]2c2ccccc2)sc1C. The first-order chi connectivity index (χ1) is 11.0. The third-order valence-electron chi connectivity index (χ3n) is 4.32. The standard InChI is InChI=1S/C17H19N3O2S/c1-10-11(2)23-17(18-10)19-16(22)13-9-14(21)20(3)15(13)12-7-5-4-6-8-12/h4-8,13,15H,9H2,1-3H3,(H,18,19,22)/t13-,15-/m1/s1. The number of nitrogens with zero attached hydrogens (tertiary/aromatic N) is 2. The molecule has 120 valence electrons. The Hall–Kier alpha value is -2.21. The number of amides is 2. The Bertz CT molecular complexity index is 722. The summed E-state index contributed by atoms with van der Waals surface area (Å²) in [5.74, 6) is -0.560. The normalized spacial score (nSPS) is 20.8. The highest BCUT2D eigenvalue weighted by Crippen LogP contribution is 2.37. The van der Waals surface area contributed by atoms with Gasteiger partial charge in [-0.25, -0.2) is 4.98 Å². The number of aromatic nitrogens is 1. The summed E-state index contributed by atoms with van der Waals surface area (Å²) < 4.78 is 0. The maximum Gasteiger partial charge on any atom is 0.232 e. The van der Waals surface area contributed by atoms with Crippen LogP contribution < -0.4 is 5.32 Å². The summed E-state index contributed by atoms with van der Waals surface area (Å²) in [6.07, 6.45) is 0.227. The fraction of sp³-hybridized carbons (Fsp3) is 0.353. The van der Waals surface area contributed by atoms with E-state index in [1.54, 1.807) is 11.9 Å². The fourth-order valence-corrected chi connectivity index (χ4v) is 3.75. The molecule has 1 aliphatic rings. The maximum atomic E-state index is 12.7. The molecule has 5 nitrogen and oxygen atoms in total. The van der Waals surface area contributed by atoms with Crippen molar-refractivity contribution < 1.29 is 9.59 Å². The van der Waals surface area contributed by atoms with Gasteiger partial charge >= 0.3 is 0 Å². The van der Waals surface area contributed by atoms with Gasteiger partial charge in [0.2, 0.25) is 11.8 Å². The molecule has 6 heteroatoms. The molecule has 1 saturated heterocycles. The van der Waals surface area contributed by atoms with Gasteiger partial charge in [0, 0.05) is 18.3 Å². The first-order valence-electron chi connectivity index (χ1n) is 7.53. The first-order valence-corrected chi connectivity index (χ1v) is 8.34. The highest BCUT2D eigenvalue weighted by atomic mass is 32.1. The highest BCUT2D eigenvalue weighted by molar-refractivity contribution is 7.15. The third kappa shape index (κ3) is 2.99. The number of carbonyl (C=O) groups excluding carboxylic acids is 2. The first kappa shape index (κ1) is 15.7. The molecule has 0 aliphatic carbocycles. The van der Waals surface area contributed by atoms with Crippen LogP contribution in [-0.4, -0.2) is 28.7 Å². The van der Waals surface area contributed by atoms with Crippen LogP contribution in [0.15, 0.2) is 30.3 Å². The van der Waals surface area contributed by atoms with Crippen molar-refractivity contribution in [2.24, 2.45) is 5.92 Å². The molecule has 2 atom stereocenters. The number of thiazole rings is 1. The number of anilines is 1. The molecule has 2 amide bonds. The van der Waals surface area contributed by atoms with Crippen LogP contribution in [-0.2, 0) is 9.59 Å². The van der Waals surface area contributed by atoms with Gasteiger partial charge in [0.15, 0.2) is 5.13 Å². The van der Waals surface area contributed by atoms with Crippen LogP contribution in [0.5, 0.6) is 0 Å². The van der Waals surface area contributed by atoms with Crippen molar-refractivity contribution in [3.8, 4) is 0 Å². The number of nitrogens with one attached hydrogen (secondary N) is 1. The maximum absolute atomic E-state index is 12.7. The van der Waals surface area contributed by atoms with Crippen molar-refractivity contribution >= 4 is 28.3 Å². The number of hydrogen-bond acceptors (Lipinski definition) is 4. The van der Waals surface area contributed by atoms with Gasteiger partial charge < -0.3 is 10.2 Å². The summed E-state index contributed by atoms with van der Waals surface area (Å²) in [5, 5.41) is 3.47. The van der Waals surface area contributed by atoms with Crippen molar-refractivity contribution in [3.63, 3.8) is 0 Å². The molecule has 1 aliphatic heterocycles. The van der Waals surface area contributed by atoms with Gasteiger partial charge in [0.1, 0.15) is 0 Å². The van der Waals surface area contributed by atoms with Crippen molar-refractivity contribution in [1.82, 2.24) is 9.88 Å². The van der Waals surface area contributed by atoms with Crippen molar-refractivity contribution in [3.05, 3.63) is 46.5 Å². The number of hydrogen-bond donors (Lipinski definition) is 1. The lowest BCUT2D eigenvalue weighted by Crippen LogP contribution is -2.29. The van der Waals surface area contributed by atoms with E-state index in [0.717, 1.165) is 16.1 Å². The highest BCUT2D eigenvalue weighted by Gasteiger charge is 2.42. The summed E-state index contributed by atoms with van der Waals surface area (Å²) >= 11 is 1.46. The Morgan fingerprint density at radius 1 is 1.30 bits per heavy atom. The Morgan fingerprint density at radius 3 is 2.61 bits per heavy atom. The van der Waals surface area contributed by atoms with Gasteiger partial charge in [0.05, 0.1) is 17.7 Å². The number of likely N-dealkylation sites (tertiary alicyclic amines) is 1. The molecule has 2 heterocycles. The van der Waals surface area contributed by atoms with Gasteiger partial charge in [-0.3, -0.25) is 9.59 Å². The summed E-state index contributed by atoms with van der Waals surface area (Å²) in [4.78, 5) is 31.9. The molecule has 3 rings (SSSR count). The van der Waals surface area contributed by atoms with E-state index in [4.69, 9.17) is 0 Å². The molecular formula is C17H19N3O2S. The van der Waals surface area contributed by atoms with E-state index in [0.29, 0.717) is 5.13 Å². The lowest BCUT2D eigenvalue weighted by molar-refractivity contribution is -0.127. The molecule has 0 radical (unpaired) electrons. The Morgan fingerprint density at radius 2 is 2.00 bits per heavy atom. The molecule has 1 aromatic heterocycles. The minimum Gasteiger partial charge on any atom is -0.338 e. The molecule has 23 heavy (non-hydrogen) atoms. The predicted molar refractivity (Wildman–Crippen MR) is 90.3 cm³/mol. The minimum absolute atomic E-state index is 0.00879. The minimum atomic E-state index is -0.403. The van der Waals surface area contributed by atoms with Crippen molar-refractivity contribution in [1.29, 1.82) is 0 Å². The van der Waals surface area contributed by atoms with Gasteiger partial charge in [-0.15, -0.1) is 11.3 Å². The Balaban J connectivity index is 1.84. The van der Waals surface area contributed by atoms with E-state index < -0.39 is 5.92 Å². The van der Waals surface area contributed by atoms with Gasteiger partial charge in [-0.1, -0.05) is 30.3 Å². The molecule has 1 fully saturated rings. The smallest absolute Gasteiger partial charge is 0.232 e. The van der Waals surface area contributed by atoms with E-state index in [1.165, 1.54) is 11.3 Å². The van der Waals surface area contributed by atoms with Crippen molar-refractivity contribution in [2.45, 2.75) is 26.3 Å². The lowest BCUT2D eigenvalue weighted by atomic mass is 9.93. The second-order valence-corrected chi connectivity index (χ2v) is 7.02. The van der Waals surface area contributed by atoms with Gasteiger partial charge in [0.25, 0.3) is 0 Å². The molecular weight excluding hydrogens is 310 g/mol. The van der Waals surface area contributed by atoms with Crippen LogP contribution in [0.1, 0.15) is 28.6 Å². The second-order valence-electron chi connectivity index (χ2n) is 5.82. The molecule has 1 aromatic carbocycles. The topological polar surface area (TPSA) is 62.3 Å². The summed E-state index contributed by atoms with van der Waals surface area (Å²) in [5.41, 5.74) is 1.90. The third-order valence-corrected chi connectivity index (χ3v) is 5.31. The van der Waals surface area contributed by atoms with Crippen LogP contribution in [0.2, 0.25) is 0 Å². The molecule has 0 saturated carbocycles. The van der Waals surface area contributed by atoms with E-state index in [1.807, 2.05) is 44.2 Å². The van der Waals surface area contributed by atoms with E-state index in [2.05, 4.69) is 10.3 Å². The largest absolute Gasteiger partial charge is 0.338 e. The number of rotatable bonds is 3. The zero-order valence-corrected chi connectivity index (χ0v) is 14.2. The second kappa shape index (κ2) is 6.12. The van der Waals surface area contributed by atoms with Crippen LogP contribution >= 0.6 is 11.3 Å². The quantitative estimate of drug-likeness (QED) is 0.942. The molecule has 0 unspecified atom stereocenters. The van der Waals surface area contributed by atoms with Crippen LogP contribution in [0.3, 0.4) is 0 Å². The Labute approximate surface area is 139 Å². The predicted octanol–water partition coefficient (Wildman–Crippen LogP) is 2.92. The average Bonchev–Trinajstić information content (AvgIpc) is 3.00. The Kier molecular flexibility index (Phi) is 4.17. The summed E-state index contributed by atoms with van der Waals surface area (Å²) in [7, 11) is 1.75. The number of benzene rings is 1. The lowest BCUT2D eigenvalue weighted by Gasteiger charge is -2.24. The van der Waals surface area contributed by atoms with E-state index >= 15 is 0 Å². The molecule has 1 N–H and O–H groups in total. The summed E-state index contributed by atoms with van der Waals surface area (Å²) in [6, 6.07) is 9.46. The van der Waals surface area contributed by atoms with Gasteiger partial charge in [-0.2, -0.15) is 0 Å². The summed E-state index contributed by atoms with van der Waals surface area (Å²) in [6.45, 7) is 3.89. The van der Waals surface area contributed by atoms with Crippen molar-refractivity contribution in [2.75, 3.05) is 12.4 Å². The van der Waals surface area contributed by atoms with Crippen LogP contribution in [0.25, 0.3) is 0 Å². The van der Waals surface area contributed by atoms with E-state index in [-0.39, 0.29) is 24.3 Å². The average molecular weight is 329 g/mol.